The van der Waals surface area contributed by atoms with Gasteiger partial charge in [0.2, 0.25) is 0 Å². The van der Waals surface area contributed by atoms with E-state index in [9.17, 15) is 0 Å². The van der Waals surface area contributed by atoms with Crippen LogP contribution in [-0.2, 0) is 13.0 Å². The van der Waals surface area contributed by atoms with Gasteiger partial charge in [-0.25, -0.2) is 0 Å². The lowest BCUT2D eigenvalue weighted by Crippen LogP contribution is -2.20. The van der Waals surface area contributed by atoms with Crippen molar-refractivity contribution in [2.45, 2.75) is 19.9 Å². The Hall–Kier alpha value is -1.79. The number of rotatable bonds is 5. The van der Waals surface area contributed by atoms with Crippen molar-refractivity contribution in [1.82, 2.24) is 9.78 Å². The second-order valence-electron chi connectivity index (χ2n) is 5.86. The first-order valence-corrected chi connectivity index (χ1v) is 9.83. The van der Waals surface area contributed by atoms with Gasteiger partial charge in [0.1, 0.15) is 5.02 Å². The van der Waals surface area contributed by atoms with Gasteiger partial charge in [-0.15, -0.1) is 0 Å². The minimum atomic E-state index is 0.428. The van der Waals surface area contributed by atoms with Crippen molar-refractivity contribution in [3.05, 3.63) is 74.9 Å². The van der Waals surface area contributed by atoms with Gasteiger partial charge >= 0.3 is 0 Å². The van der Waals surface area contributed by atoms with Crippen molar-refractivity contribution in [1.29, 1.82) is 0 Å². The molecule has 3 aromatic rings. The molecule has 140 valence electrons. The molecule has 0 unspecified atom stereocenters. The van der Waals surface area contributed by atoms with Crippen LogP contribution in [-0.4, -0.2) is 14.9 Å². The maximum atomic E-state index is 6.29. The summed E-state index contributed by atoms with van der Waals surface area (Å²) in [6.07, 6.45) is 2.64. The molecule has 0 amide bonds. The fraction of sp³-hybridized carbons (Fsp3) is 0.158. The summed E-state index contributed by atoms with van der Waals surface area (Å²) in [6.45, 7) is 2.61. The van der Waals surface area contributed by atoms with E-state index in [-0.39, 0.29) is 0 Å². The molecule has 0 saturated carbocycles. The van der Waals surface area contributed by atoms with Crippen molar-refractivity contribution in [2.75, 3.05) is 10.6 Å². The largest absolute Gasteiger partial charge is 0.332 e. The summed E-state index contributed by atoms with van der Waals surface area (Å²) in [5.41, 5.74) is 3.11. The number of para-hydroxylation sites is 1. The Labute approximate surface area is 178 Å². The number of halogens is 3. The number of thiocarbonyl (C=S) groups is 1. The Morgan fingerprint density at radius 2 is 1.81 bits per heavy atom. The Bertz CT molecular complexity index is 971. The highest BCUT2D eigenvalue weighted by molar-refractivity contribution is 7.80. The smallest absolute Gasteiger partial charge is 0.176 e. The Kier molecular flexibility index (Phi) is 6.60. The molecule has 0 aliphatic heterocycles. The first-order chi connectivity index (χ1) is 13.0. The van der Waals surface area contributed by atoms with Crippen molar-refractivity contribution in [2.24, 2.45) is 0 Å². The molecule has 0 atom stereocenters. The fourth-order valence-corrected chi connectivity index (χ4v) is 3.32. The number of aryl methyl sites for hydroxylation is 1. The van der Waals surface area contributed by atoms with Crippen LogP contribution in [0.15, 0.2) is 48.7 Å². The third-order valence-corrected chi connectivity index (χ3v) is 5.14. The van der Waals surface area contributed by atoms with E-state index in [1.807, 2.05) is 24.3 Å². The molecule has 0 aliphatic rings. The lowest BCUT2D eigenvalue weighted by atomic mass is 10.1. The quantitative estimate of drug-likeness (QED) is 0.460. The predicted octanol–water partition coefficient (Wildman–Crippen LogP) is 6.26. The molecule has 27 heavy (non-hydrogen) atoms. The van der Waals surface area contributed by atoms with E-state index >= 15 is 0 Å². The number of nitrogens with one attached hydrogen (secondary N) is 2. The van der Waals surface area contributed by atoms with Crippen LogP contribution in [0.25, 0.3) is 0 Å². The van der Waals surface area contributed by atoms with E-state index in [0.717, 1.165) is 17.7 Å². The van der Waals surface area contributed by atoms with E-state index in [1.54, 1.807) is 23.0 Å². The number of nitrogens with zero attached hydrogens (tertiary/aromatic N) is 2. The van der Waals surface area contributed by atoms with Crippen LogP contribution < -0.4 is 10.6 Å². The van der Waals surface area contributed by atoms with Gasteiger partial charge in [-0.2, -0.15) is 5.10 Å². The molecule has 0 spiro atoms. The molecule has 0 fully saturated rings. The summed E-state index contributed by atoms with van der Waals surface area (Å²) in [5.74, 6) is 0.489. The van der Waals surface area contributed by atoms with E-state index < -0.39 is 0 Å². The molecule has 4 nitrogen and oxygen atoms in total. The van der Waals surface area contributed by atoms with Crippen molar-refractivity contribution >= 4 is 63.6 Å². The van der Waals surface area contributed by atoms with Gasteiger partial charge in [-0.05, 0) is 48.0 Å². The third kappa shape index (κ3) is 5.14. The van der Waals surface area contributed by atoms with Gasteiger partial charge in [0.05, 0.1) is 16.6 Å². The molecule has 0 radical (unpaired) electrons. The molecule has 0 saturated heterocycles. The minimum absolute atomic E-state index is 0.428. The van der Waals surface area contributed by atoms with E-state index in [4.69, 9.17) is 47.0 Å². The van der Waals surface area contributed by atoms with Crippen molar-refractivity contribution in [3.8, 4) is 0 Å². The number of hydrogen-bond donors (Lipinski definition) is 2. The minimum Gasteiger partial charge on any atom is -0.332 e. The second-order valence-corrected chi connectivity index (χ2v) is 7.49. The predicted molar refractivity (Wildman–Crippen MR) is 118 cm³/mol. The summed E-state index contributed by atoms with van der Waals surface area (Å²) in [6, 6.07) is 13.5. The van der Waals surface area contributed by atoms with E-state index in [2.05, 4.69) is 28.7 Å². The molecule has 3 rings (SSSR count). The highest BCUT2D eigenvalue weighted by atomic mass is 35.5. The first kappa shape index (κ1) is 20.0. The number of anilines is 2. The van der Waals surface area contributed by atoms with E-state index in [0.29, 0.717) is 32.5 Å². The summed E-state index contributed by atoms with van der Waals surface area (Å²) in [7, 11) is 0. The number of aromatic nitrogens is 2. The topological polar surface area (TPSA) is 41.9 Å². The van der Waals surface area contributed by atoms with Gasteiger partial charge in [-0.1, -0.05) is 66.0 Å². The van der Waals surface area contributed by atoms with Gasteiger partial charge in [0, 0.05) is 11.9 Å². The zero-order chi connectivity index (χ0) is 19.4. The van der Waals surface area contributed by atoms with Crippen LogP contribution in [0.5, 0.6) is 0 Å². The van der Waals surface area contributed by atoms with Crippen LogP contribution in [0.4, 0.5) is 11.5 Å². The lowest BCUT2D eigenvalue weighted by molar-refractivity contribution is 0.690. The lowest BCUT2D eigenvalue weighted by Gasteiger charge is -2.12. The average molecular weight is 440 g/mol. The zero-order valence-electron chi connectivity index (χ0n) is 14.5. The molecule has 0 bridgehead atoms. The molecule has 8 heteroatoms. The normalized spacial score (nSPS) is 10.7. The highest BCUT2D eigenvalue weighted by Gasteiger charge is 2.10. The number of benzene rings is 2. The van der Waals surface area contributed by atoms with Crippen LogP contribution in [0.2, 0.25) is 15.1 Å². The second kappa shape index (κ2) is 8.93. The van der Waals surface area contributed by atoms with Crippen molar-refractivity contribution < 1.29 is 0 Å². The summed E-state index contributed by atoms with van der Waals surface area (Å²) < 4.78 is 1.72. The molecule has 2 N–H and O–H groups in total. The van der Waals surface area contributed by atoms with Gasteiger partial charge in [0.25, 0.3) is 0 Å². The average Bonchev–Trinajstić information content (AvgIpc) is 2.97. The molecular weight excluding hydrogens is 423 g/mol. The molecule has 0 aliphatic carbocycles. The standard InChI is InChI=1S/C19H17Cl3N4S/c1-2-13-5-3-4-6-17(13)23-19(27)24-18-16(22)11-26(25-18)10-12-7-8-14(20)15(21)9-12/h3-9,11H,2,10H2,1H3,(H2,23,24,25,27). The molecule has 2 aromatic carbocycles. The third-order valence-electron chi connectivity index (χ3n) is 3.92. The zero-order valence-corrected chi connectivity index (χ0v) is 17.6. The molecular formula is C19H17Cl3N4S. The Morgan fingerprint density at radius 3 is 2.56 bits per heavy atom. The summed E-state index contributed by atoms with van der Waals surface area (Å²) in [4.78, 5) is 0. The molecule has 1 heterocycles. The highest BCUT2D eigenvalue weighted by Crippen LogP contribution is 2.25. The van der Waals surface area contributed by atoms with Gasteiger partial charge in [0.15, 0.2) is 10.9 Å². The van der Waals surface area contributed by atoms with Gasteiger partial charge in [-0.3, -0.25) is 4.68 Å². The Balaban J connectivity index is 1.69. The maximum Gasteiger partial charge on any atom is 0.176 e. The molecule has 1 aromatic heterocycles. The summed E-state index contributed by atoms with van der Waals surface area (Å²) in [5, 5.41) is 12.6. The number of hydrogen-bond acceptors (Lipinski definition) is 2. The first-order valence-electron chi connectivity index (χ1n) is 8.29. The van der Waals surface area contributed by atoms with Crippen LogP contribution in [0.1, 0.15) is 18.1 Å². The van der Waals surface area contributed by atoms with Crippen LogP contribution in [0.3, 0.4) is 0 Å². The monoisotopic (exact) mass is 438 g/mol. The Morgan fingerprint density at radius 1 is 1.04 bits per heavy atom. The van der Waals surface area contributed by atoms with Crippen LogP contribution in [0, 0.1) is 0 Å². The van der Waals surface area contributed by atoms with Gasteiger partial charge < -0.3 is 10.6 Å². The van der Waals surface area contributed by atoms with Crippen LogP contribution >= 0.6 is 47.0 Å². The SMILES string of the molecule is CCc1ccccc1NC(=S)Nc1nn(Cc2ccc(Cl)c(Cl)c2)cc1Cl. The fourth-order valence-electron chi connectivity index (χ4n) is 2.60. The maximum absolute atomic E-state index is 6.29. The van der Waals surface area contributed by atoms with Crippen molar-refractivity contribution in [3.63, 3.8) is 0 Å². The summed E-state index contributed by atoms with van der Waals surface area (Å²) >= 11 is 23.7. The van der Waals surface area contributed by atoms with E-state index in [1.165, 1.54) is 5.56 Å².